The molecule has 1 unspecified atom stereocenters. The van der Waals surface area contributed by atoms with Crippen molar-refractivity contribution in [1.29, 1.82) is 0 Å². The van der Waals surface area contributed by atoms with Crippen LogP contribution < -0.4 is 10.6 Å². The third-order valence-corrected chi connectivity index (χ3v) is 3.87. The fourth-order valence-electron chi connectivity index (χ4n) is 2.60. The molecule has 4 heteroatoms. The zero-order valence-electron chi connectivity index (χ0n) is 11.3. The first-order chi connectivity index (χ1) is 9.52. The van der Waals surface area contributed by atoms with Gasteiger partial charge in [-0.25, -0.2) is 0 Å². The van der Waals surface area contributed by atoms with Gasteiger partial charge in [-0.1, -0.05) is 22.0 Å². The van der Waals surface area contributed by atoms with E-state index >= 15 is 0 Å². The van der Waals surface area contributed by atoms with Crippen LogP contribution in [-0.4, -0.2) is 5.91 Å². The van der Waals surface area contributed by atoms with Crippen molar-refractivity contribution in [3.05, 3.63) is 57.6 Å². The van der Waals surface area contributed by atoms with Crippen LogP contribution in [0.1, 0.15) is 22.7 Å². The molecule has 2 N–H and O–H groups in total. The van der Waals surface area contributed by atoms with Gasteiger partial charge in [0.2, 0.25) is 0 Å². The molecular weight excluding hydrogens is 316 g/mol. The highest BCUT2D eigenvalue weighted by Crippen LogP contribution is 2.35. The summed E-state index contributed by atoms with van der Waals surface area (Å²) in [6.45, 7) is 4.11. The highest BCUT2D eigenvalue weighted by molar-refractivity contribution is 9.10. The minimum absolute atomic E-state index is 0.0164. The summed E-state index contributed by atoms with van der Waals surface area (Å²) in [6.07, 6.45) is 0. The van der Waals surface area contributed by atoms with E-state index in [0.29, 0.717) is 0 Å². The number of rotatable bonds is 2. The van der Waals surface area contributed by atoms with E-state index < -0.39 is 0 Å². The number of carbonyl (C=O) groups excluding carboxylic acids is 1. The monoisotopic (exact) mass is 330 g/mol. The summed E-state index contributed by atoms with van der Waals surface area (Å²) in [7, 11) is 0. The molecule has 0 saturated heterocycles. The summed E-state index contributed by atoms with van der Waals surface area (Å²) < 4.78 is 0.972. The van der Waals surface area contributed by atoms with Gasteiger partial charge in [-0.05, 0) is 55.3 Å². The van der Waals surface area contributed by atoms with E-state index in [1.807, 2.05) is 18.2 Å². The van der Waals surface area contributed by atoms with Gasteiger partial charge in [-0.2, -0.15) is 0 Å². The zero-order valence-corrected chi connectivity index (χ0v) is 12.9. The number of aryl methyl sites for hydroxylation is 2. The average Bonchev–Trinajstić information content (AvgIpc) is 2.65. The first-order valence-corrected chi connectivity index (χ1v) is 7.27. The highest BCUT2D eigenvalue weighted by Gasteiger charge is 2.30. The molecule has 0 aromatic heterocycles. The molecule has 3 rings (SSSR count). The number of carbonyl (C=O) groups is 1. The van der Waals surface area contributed by atoms with E-state index in [9.17, 15) is 4.79 Å². The number of amides is 1. The van der Waals surface area contributed by atoms with Crippen molar-refractivity contribution in [2.75, 3.05) is 10.6 Å². The lowest BCUT2D eigenvalue weighted by Crippen LogP contribution is -2.19. The first-order valence-electron chi connectivity index (χ1n) is 6.48. The Bertz CT molecular complexity index is 677. The molecule has 0 aliphatic carbocycles. The van der Waals surface area contributed by atoms with Crippen LogP contribution in [0.25, 0.3) is 0 Å². The summed E-state index contributed by atoms with van der Waals surface area (Å²) in [4.78, 5) is 12.1. The summed E-state index contributed by atoms with van der Waals surface area (Å²) in [5, 5.41) is 6.22. The molecule has 2 aromatic rings. The molecular formula is C16H15BrN2O. The number of benzene rings is 2. The minimum Gasteiger partial charge on any atom is -0.370 e. The van der Waals surface area contributed by atoms with Gasteiger partial charge < -0.3 is 10.6 Å². The van der Waals surface area contributed by atoms with Gasteiger partial charge in [-0.3, -0.25) is 4.79 Å². The van der Waals surface area contributed by atoms with E-state index in [0.717, 1.165) is 21.4 Å². The van der Waals surface area contributed by atoms with Gasteiger partial charge in [0.1, 0.15) is 6.04 Å². The number of anilines is 2. The lowest BCUT2D eigenvalue weighted by molar-refractivity contribution is -0.116. The van der Waals surface area contributed by atoms with Gasteiger partial charge in [0, 0.05) is 21.4 Å². The number of hydrogen-bond donors (Lipinski definition) is 2. The summed E-state index contributed by atoms with van der Waals surface area (Å²) in [5.74, 6) is -0.0164. The van der Waals surface area contributed by atoms with Crippen molar-refractivity contribution in [2.45, 2.75) is 19.9 Å². The second-order valence-corrected chi connectivity index (χ2v) is 6.09. The molecule has 0 spiro atoms. The minimum atomic E-state index is -0.344. The zero-order chi connectivity index (χ0) is 14.3. The third kappa shape index (κ3) is 2.43. The first kappa shape index (κ1) is 13.2. The van der Waals surface area contributed by atoms with E-state index in [1.165, 1.54) is 11.1 Å². The topological polar surface area (TPSA) is 41.1 Å². The van der Waals surface area contributed by atoms with Crippen molar-refractivity contribution >= 4 is 33.2 Å². The van der Waals surface area contributed by atoms with Crippen LogP contribution in [0.5, 0.6) is 0 Å². The van der Waals surface area contributed by atoms with Crippen LogP contribution in [0.15, 0.2) is 40.9 Å². The van der Waals surface area contributed by atoms with E-state index in [-0.39, 0.29) is 11.9 Å². The number of nitrogens with one attached hydrogen (secondary N) is 2. The second-order valence-electron chi connectivity index (χ2n) is 5.17. The van der Waals surface area contributed by atoms with Crippen molar-refractivity contribution in [3.63, 3.8) is 0 Å². The molecule has 0 saturated carbocycles. The van der Waals surface area contributed by atoms with Gasteiger partial charge in [-0.15, -0.1) is 0 Å². The molecule has 0 fully saturated rings. The summed E-state index contributed by atoms with van der Waals surface area (Å²) in [6, 6.07) is 11.7. The Labute approximate surface area is 126 Å². The molecule has 0 radical (unpaired) electrons. The number of hydrogen-bond acceptors (Lipinski definition) is 2. The van der Waals surface area contributed by atoms with Crippen LogP contribution in [0.3, 0.4) is 0 Å². The third-order valence-electron chi connectivity index (χ3n) is 3.38. The molecule has 1 amide bonds. The van der Waals surface area contributed by atoms with Crippen LogP contribution in [0, 0.1) is 13.8 Å². The predicted molar refractivity (Wildman–Crippen MR) is 85.1 cm³/mol. The fraction of sp³-hybridized carbons (Fsp3) is 0.188. The molecule has 1 atom stereocenters. The van der Waals surface area contributed by atoms with Crippen molar-refractivity contribution in [3.8, 4) is 0 Å². The maximum atomic E-state index is 12.1. The molecule has 20 heavy (non-hydrogen) atoms. The van der Waals surface area contributed by atoms with Crippen molar-refractivity contribution < 1.29 is 4.79 Å². The molecule has 1 aliphatic rings. The van der Waals surface area contributed by atoms with Gasteiger partial charge in [0.05, 0.1) is 0 Å². The summed E-state index contributed by atoms with van der Waals surface area (Å²) >= 11 is 3.45. The van der Waals surface area contributed by atoms with Crippen molar-refractivity contribution in [2.24, 2.45) is 0 Å². The number of halogens is 1. The highest BCUT2D eigenvalue weighted by atomic mass is 79.9. The van der Waals surface area contributed by atoms with Crippen LogP contribution in [-0.2, 0) is 4.79 Å². The van der Waals surface area contributed by atoms with Crippen LogP contribution in [0.2, 0.25) is 0 Å². The molecule has 1 heterocycles. The van der Waals surface area contributed by atoms with Crippen LogP contribution in [0.4, 0.5) is 11.4 Å². The Kier molecular flexibility index (Phi) is 3.26. The molecule has 102 valence electrons. The predicted octanol–water partition coefficient (Wildman–Crippen LogP) is 4.17. The van der Waals surface area contributed by atoms with E-state index in [2.05, 4.69) is 58.6 Å². The smallest absolute Gasteiger partial charge is 0.251 e. The van der Waals surface area contributed by atoms with Gasteiger partial charge >= 0.3 is 0 Å². The number of fused-ring (bicyclic) bond motifs is 1. The molecule has 1 aliphatic heterocycles. The Balaban J connectivity index is 1.95. The second kappa shape index (κ2) is 4.94. The Hall–Kier alpha value is -1.81. The molecule has 2 aromatic carbocycles. The lowest BCUT2D eigenvalue weighted by Gasteiger charge is -2.14. The molecule has 0 bridgehead atoms. The van der Waals surface area contributed by atoms with Gasteiger partial charge in [0.15, 0.2) is 0 Å². The van der Waals surface area contributed by atoms with Crippen LogP contribution >= 0.6 is 15.9 Å². The fourth-order valence-corrected chi connectivity index (χ4v) is 2.98. The van der Waals surface area contributed by atoms with E-state index in [4.69, 9.17) is 0 Å². The normalized spacial score (nSPS) is 16.8. The summed E-state index contributed by atoms with van der Waals surface area (Å²) in [5.41, 5.74) is 5.18. The maximum absolute atomic E-state index is 12.1. The molecule has 3 nitrogen and oxygen atoms in total. The van der Waals surface area contributed by atoms with Crippen molar-refractivity contribution in [1.82, 2.24) is 0 Å². The Morgan fingerprint density at radius 2 is 1.80 bits per heavy atom. The Morgan fingerprint density at radius 3 is 2.50 bits per heavy atom. The largest absolute Gasteiger partial charge is 0.370 e. The Morgan fingerprint density at radius 1 is 1.10 bits per heavy atom. The average molecular weight is 331 g/mol. The lowest BCUT2D eigenvalue weighted by atomic mass is 10.1. The van der Waals surface area contributed by atoms with Gasteiger partial charge in [0.25, 0.3) is 5.91 Å². The van der Waals surface area contributed by atoms with E-state index in [1.54, 1.807) is 0 Å². The standard InChI is InChI=1S/C16H15BrN2O/c1-9-5-10(2)7-12(6-9)18-15-13-8-11(17)3-4-14(13)19-16(15)20/h3-8,15,18H,1-2H3,(H,19,20). The SMILES string of the molecule is Cc1cc(C)cc(NC2C(=O)Nc3ccc(Br)cc32)c1. The quantitative estimate of drug-likeness (QED) is 0.867. The maximum Gasteiger partial charge on any atom is 0.251 e.